The first kappa shape index (κ1) is 13.4. The SMILES string of the molecule is C1=CC2=NC1=Cc1ccc([nH]1)Cc1ccc([nH]1)Cc1ccc([nH]1)C2. The van der Waals surface area contributed by atoms with Gasteiger partial charge in [0.05, 0.1) is 5.70 Å². The molecule has 3 N–H and O–H groups in total. The topological polar surface area (TPSA) is 59.7 Å². The zero-order chi connectivity index (χ0) is 15.9. The lowest BCUT2D eigenvalue weighted by Gasteiger charge is -2.00. The van der Waals surface area contributed by atoms with Crippen LogP contribution < -0.4 is 0 Å². The van der Waals surface area contributed by atoms with Crippen molar-refractivity contribution in [3.8, 4) is 0 Å². The van der Waals surface area contributed by atoms with Crippen molar-refractivity contribution < 1.29 is 0 Å². The highest BCUT2D eigenvalue weighted by atomic mass is 14.8. The molecule has 0 amide bonds. The molecule has 0 spiro atoms. The molecule has 8 bridgehead atoms. The number of H-pyrrole nitrogens is 3. The predicted molar refractivity (Wildman–Crippen MR) is 96.2 cm³/mol. The molecule has 4 nitrogen and oxygen atoms in total. The van der Waals surface area contributed by atoms with Gasteiger partial charge in [-0.15, -0.1) is 0 Å². The zero-order valence-corrected chi connectivity index (χ0v) is 13.3. The van der Waals surface area contributed by atoms with Crippen molar-refractivity contribution in [3.63, 3.8) is 0 Å². The summed E-state index contributed by atoms with van der Waals surface area (Å²) >= 11 is 0. The Morgan fingerprint density at radius 2 is 1.21 bits per heavy atom. The van der Waals surface area contributed by atoms with E-state index in [4.69, 9.17) is 4.99 Å². The number of fused-ring (bicyclic) bond motifs is 7. The molecule has 0 aromatic carbocycles. The number of nitrogens with zero attached hydrogens (tertiary/aromatic N) is 1. The van der Waals surface area contributed by atoms with Crippen LogP contribution in [-0.4, -0.2) is 20.7 Å². The summed E-state index contributed by atoms with van der Waals surface area (Å²) in [6.45, 7) is 0. The highest BCUT2D eigenvalue weighted by molar-refractivity contribution is 6.00. The highest BCUT2D eigenvalue weighted by Crippen LogP contribution is 2.19. The van der Waals surface area contributed by atoms with E-state index in [1.165, 1.54) is 28.5 Å². The van der Waals surface area contributed by atoms with Crippen LogP contribution in [0.15, 0.2) is 59.2 Å². The van der Waals surface area contributed by atoms with E-state index < -0.39 is 0 Å². The summed E-state index contributed by atoms with van der Waals surface area (Å²) in [5.41, 5.74) is 9.28. The lowest BCUT2D eigenvalue weighted by Crippen LogP contribution is -1.98. The minimum atomic E-state index is 0.833. The molecule has 0 fully saturated rings. The van der Waals surface area contributed by atoms with Crippen LogP contribution in [0.1, 0.15) is 34.2 Å². The number of hydrogen-bond donors (Lipinski definition) is 3. The summed E-state index contributed by atoms with van der Waals surface area (Å²) in [4.78, 5) is 15.2. The van der Waals surface area contributed by atoms with Gasteiger partial charge >= 0.3 is 0 Å². The van der Waals surface area contributed by atoms with Gasteiger partial charge in [-0.05, 0) is 54.6 Å². The summed E-state index contributed by atoms with van der Waals surface area (Å²) < 4.78 is 0. The molecular formula is C20H18N4. The minimum Gasteiger partial charge on any atom is -0.362 e. The van der Waals surface area contributed by atoms with Crippen LogP contribution in [-0.2, 0) is 19.3 Å². The second-order valence-electron chi connectivity index (χ2n) is 6.49. The Kier molecular flexibility index (Phi) is 2.95. The van der Waals surface area contributed by atoms with E-state index in [0.717, 1.165) is 36.4 Å². The standard InChI is InChI=1S/C20H18N4/c1-2-14-10-16-5-6-18(23-16)12-20-8-7-19(24-20)11-17-4-3-15(22-17)9-13(1)21-14/h1-9,21,23-24H,10-12H2. The first-order valence-corrected chi connectivity index (χ1v) is 8.29. The van der Waals surface area contributed by atoms with Crippen molar-refractivity contribution in [2.45, 2.75) is 19.3 Å². The second kappa shape index (κ2) is 5.27. The summed E-state index contributed by atoms with van der Waals surface area (Å²) in [7, 11) is 0. The van der Waals surface area contributed by atoms with E-state index in [0.29, 0.717) is 0 Å². The van der Waals surface area contributed by atoms with Gasteiger partial charge in [-0.3, -0.25) is 4.99 Å². The van der Waals surface area contributed by atoms with Gasteiger partial charge in [0.25, 0.3) is 0 Å². The molecule has 24 heavy (non-hydrogen) atoms. The zero-order valence-electron chi connectivity index (χ0n) is 13.3. The van der Waals surface area contributed by atoms with Gasteiger partial charge in [0, 0.05) is 59.1 Å². The third-order valence-corrected chi connectivity index (χ3v) is 4.54. The second-order valence-corrected chi connectivity index (χ2v) is 6.49. The van der Waals surface area contributed by atoms with Gasteiger partial charge in [-0.1, -0.05) is 0 Å². The van der Waals surface area contributed by atoms with Crippen LogP contribution >= 0.6 is 0 Å². The van der Waals surface area contributed by atoms with E-state index in [2.05, 4.69) is 69.6 Å². The number of rotatable bonds is 0. The van der Waals surface area contributed by atoms with Crippen LogP contribution in [0.2, 0.25) is 0 Å². The molecule has 3 aromatic rings. The van der Waals surface area contributed by atoms with Crippen molar-refractivity contribution in [2.75, 3.05) is 0 Å². The maximum Gasteiger partial charge on any atom is 0.0654 e. The molecule has 0 saturated carbocycles. The lowest BCUT2D eigenvalue weighted by molar-refractivity contribution is 0.986. The van der Waals surface area contributed by atoms with E-state index in [1.54, 1.807) is 0 Å². The fourth-order valence-corrected chi connectivity index (χ4v) is 3.41. The van der Waals surface area contributed by atoms with Crippen LogP contribution in [0.25, 0.3) is 6.08 Å². The van der Waals surface area contributed by atoms with E-state index in [9.17, 15) is 0 Å². The molecular weight excluding hydrogens is 296 g/mol. The number of nitrogens with one attached hydrogen (secondary N) is 3. The van der Waals surface area contributed by atoms with Crippen LogP contribution in [0.5, 0.6) is 0 Å². The Bertz CT molecular complexity index is 990. The van der Waals surface area contributed by atoms with Crippen LogP contribution in [0, 0.1) is 0 Å². The molecule has 5 rings (SSSR count). The molecule has 2 aliphatic heterocycles. The van der Waals surface area contributed by atoms with Gasteiger partial charge in [0.1, 0.15) is 0 Å². The summed E-state index contributed by atoms with van der Waals surface area (Å²) in [6.07, 6.45) is 8.88. The Hall–Kier alpha value is -3.01. The molecule has 0 radical (unpaired) electrons. The molecule has 0 aliphatic carbocycles. The van der Waals surface area contributed by atoms with Gasteiger partial charge in [-0.2, -0.15) is 0 Å². The smallest absolute Gasteiger partial charge is 0.0654 e. The Labute approximate surface area is 140 Å². The Balaban J connectivity index is 1.57. The minimum absolute atomic E-state index is 0.833. The molecule has 4 heteroatoms. The van der Waals surface area contributed by atoms with Crippen molar-refractivity contribution in [1.29, 1.82) is 0 Å². The Morgan fingerprint density at radius 3 is 1.92 bits per heavy atom. The molecule has 0 atom stereocenters. The van der Waals surface area contributed by atoms with E-state index in [-0.39, 0.29) is 0 Å². The van der Waals surface area contributed by atoms with Crippen molar-refractivity contribution >= 4 is 11.8 Å². The van der Waals surface area contributed by atoms with Crippen molar-refractivity contribution in [3.05, 3.63) is 88.4 Å². The molecule has 5 heterocycles. The van der Waals surface area contributed by atoms with Crippen molar-refractivity contribution in [2.24, 2.45) is 4.99 Å². The highest BCUT2D eigenvalue weighted by Gasteiger charge is 2.10. The molecule has 2 aliphatic rings. The van der Waals surface area contributed by atoms with Gasteiger partial charge < -0.3 is 15.0 Å². The molecule has 0 saturated heterocycles. The third kappa shape index (κ3) is 2.56. The van der Waals surface area contributed by atoms with E-state index in [1.807, 2.05) is 0 Å². The number of hydrogen-bond acceptors (Lipinski definition) is 1. The molecule has 3 aromatic heterocycles. The number of aromatic nitrogens is 3. The Morgan fingerprint density at radius 1 is 0.625 bits per heavy atom. The number of aromatic amines is 3. The number of aliphatic imine (C=N–C) groups is 1. The largest absolute Gasteiger partial charge is 0.362 e. The van der Waals surface area contributed by atoms with Gasteiger partial charge in [0.2, 0.25) is 0 Å². The van der Waals surface area contributed by atoms with Crippen LogP contribution in [0.4, 0.5) is 0 Å². The number of allylic oxidation sites excluding steroid dienone is 2. The monoisotopic (exact) mass is 314 g/mol. The maximum atomic E-state index is 4.72. The van der Waals surface area contributed by atoms with Gasteiger partial charge in [0.15, 0.2) is 0 Å². The predicted octanol–water partition coefficient (Wildman–Crippen LogP) is 3.76. The van der Waals surface area contributed by atoms with Crippen molar-refractivity contribution in [1.82, 2.24) is 15.0 Å². The average Bonchev–Trinajstić information content (AvgIpc) is 3.32. The average molecular weight is 314 g/mol. The van der Waals surface area contributed by atoms with E-state index >= 15 is 0 Å². The first-order valence-electron chi connectivity index (χ1n) is 8.29. The first-order chi connectivity index (χ1) is 11.8. The maximum absolute atomic E-state index is 4.72. The fourth-order valence-electron chi connectivity index (χ4n) is 3.41. The third-order valence-electron chi connectivity index (χ3n) is 4.54. The quantitative estimate of drug-likeness (QED) is 0.566. The molecule has 118 valence electrons. The normalized spacial score (nSPS) is 16.2. The lowest BCUT2D eigenvalue weighted by atomic mass is 10.2. The fraction of sp³-hybridized carbons (Fsp3) is 0.150. The van der Waals surface area contributed by atoms with Crippen LogP contribution in [0.3, 0.4) is 0 Å². The summed E-state index contributed by atoms with van der Waals surface area (Å²) in [5.74, 6) is 0. The molecule has 0 unspecified atom stereocenters. The summed E-state index contributed by atoms with van der Waals surface area (Å²) in [6, 6.07) is 12.9. The van der Waals surface area contributed by atoms with Gasteiger partial charge in [-0.25, -0.2) is 0 Å². The summed E-state index contributed by atoms with van der Waals surface area (Å²) in [5, 5.41) is 0.